The molecule has 0 N–H and O–H groups in total. The van der Waals surface area contributed by atoms with E-state index >= 15 is 0 Å². The molecule has 1 rings (SSSR count). The van der Waals surface area contributed by atoms with E-state index < -0.39 is 0 Å². The van der Waals surface area contributed by atoms with Crippen molar-refractivity contribution in [3.8, 4) is 0 Å². The molecule has 0 aliphatic carbocycles. The maximum atomic E-state index is 12.0. The number of rotatable bonds is 10. The fraction of sp³-hybridized carbons (Fsp3) is 0.556. The average Bonchev–Trinajstić information content (AvgIpc) is 2.55. The molecule has 4 nitrogen and oxygen atoms in total. The first-order valence-electron chi connectivity index (χ1n) is 8.12. The lowest BCUT2D eigenvalue weighted by molar-refractivity contribution is -0.144. The molecule has 0 heterocycles. The van der Waals surface area contributed by atoms with Gasteiger partial charge in [0.2, 0.25) is 5.91 Å². The molecule has 0 radical (unpaired) electrons. The van der Waals surface area contributed by atoms with Crippen molar-refractivity contribution in [2.45, 2.75) is 51.9 Å². The number of esters is 1. The number of nitrogens with zero attached hydrogens (tertiary/aromatic N) is 1. The van der Waals surface area contributed by atoms with Crippen LogP contribution in [0.5, 0.6) is 0 Å². The highest BCUT2D eigenvalue weighted by Crippen LogP contribution is 2.13. The Morgan fingerprint density at radius 2 is 1.68 bits per heavy atom. The van der Waals surface area contributed by atoms with E-state index in [9.17, 15) is 9.59 Å². The van der Waals surface area contributed by atoms with Crippen LogP contribution >= 0.6 is 0 Å². The maximum Gasteiger partial charge on any atom is 0.305 e. The summed E-state index contributed by atoms with van der Waals surface area (Å²) in [6, 6.07) is 9.56. The number of carbonyl (C=O) groups excluding carboxylic acids is 2. The van der Waals surface area contributed by atoms with Crippen LogP contribution in [0.15, 0.2) is 30.3 Å². The van der Waals surface area contributed by atoms with Crippen LogP contribution in [0.2, 0.25) is 0 Å². The molecule has 0 spiro atoms. The number of hydrogen-bond acceptors (Lipinski definition) is 3. The Balaban J connectivity index is 2.13. The van der Waals surface area contributed by atoms with E-state index in [1.165, 1.54) is 0 Å². The van der Waals surface area contributed by atoms with Gasteiger partial charge in [0.05, 0.1) is 6.61 Å². The molecule has 22 heavy (non-hydrogen) atoms. The monoisotopic (exact) mass is 305 g/mol. The number of benzene rings is 1. The number of para-hydroxylation sites is 1. The van der Waals surface area contributed by atoms with Crippen molar-refractivity contribution in [1.82, 2.24) is 0 Å². The quantitative estimate of drug-likeness (QED) is 0.486. The number of unbranched alkanes of at least 4 members (excludes halogenated alkanes) is 3. The first-order chi connectivity index (χ1) is 10.6. The van der Waals surface area contributed by atoms with Crippen LogP contribution in [0.1, 0.15) is 51.9 Å². The molecule has 0 aliphatic heterocycles. The van der Waals surface area contributed by atoms with Crippen molar-refractivity contribution < 1.29 is 14.3 Å². The summed E-state index contributed by atoms with van der Waals surface area (Å²) in [6.07, 6.45) is 5.40. The summed E-state index contributed by atoms with van der Waals surface area (Å²) in [5, 5.41) is 0. The summed E-state index contributed by atoms with van der Waals surface area (Å²) in [5.74, 6) is -0.0810. The molecule has 122 valence electrons. The largest absolute Gasteiger partial charge is 0.466 e. The topological polar surface area (TPSA) is 46.6 Å². The normalized spacial score (nSPS) is 10.3. The zero-order chi connectivity index (χ0) is 16.2. The fourth-order valence-corrected chi connectivity index (χ4v) is 2.12. The van der Waals surface area contributed by atoms with Crippen molar-refractivity contribution in [3.05, 3.63) is 30.3 Å². The third-order valence-corrected chi connectivity index (χ3v) is 3.55. The van der Waals surface area contributed by atoms with E-state index in [0.29, 0.717) is 32.3 Å². The van der Waals surface area contributed by atoms with Crippen molar-refractivity contribution in [3.63, 3.8) is 0 Å². The lowest BCUT2D eigenvalue weighted by atomic mass is 10.1. The van der Waals surface area contributed by atoms with Crippen LogP contribution in [0.25, 0.3) is 0 Å². The van der Waals surface area contributed by atoms with Gasteiger partial charge in [-0.15, -0.1) is 0 Å². The van der Waals surface area contributed by atoms with Crippen LogP contribution in [0.4, 0.5) is 5.69 Å². The van der Waals surface area contributed by atoms with Crippen LogP contribution in [-0.4, -0.2) is 25.5 Å². The molecule has 1 amide bonds. The van der Waals surface area contributed by atoms with E-state index in [1.54, 1.807) is 11.9 Å². The number of hydrogen-bond donors (Lipinski definition) is 0. The van der Waals surface area contributed by atoms with Crippen molar-refractivity contribution in [2.24, 2.45) is 0 Å². The Kier molecular flexibility index (Phi) is 8.96. The van der Waals surface area contributed by atoms with Gasteiger partial charge in [0.25, 0.3) is 0 Å². The molecular formula is C18H27NO3. The molecule has 0 saturated carbocycles. The fourth-order valence-electron chi connectivity index (χ4n) is 2.12. The van der Waals surface area contributed by atoms with Crippen LogP contribution < -0.4 is 4.90 Å². The van der Waals surface area contributed by atoms with E-state index in [-0.39, 0.29) is 11.9 Å². The summed E-state index contributed by atoms with van der Waals surface area (Å²) in [6.45, 7) is 2.63. The average molecular weight is 305 g/mol. The molecule has 4 heteroatoms. The number of amides is 1. The van der Waals surface area contributed by atoms with Gasteiger partial charge in [0.1, 0.15) is 0 Å². The van der Waals surface area contributed by atoms with E-state index in [1.807, 2.05) is 30.3 Å². The number of ether oxygens (including phenoxy) is 1. The third kappa shape index (κ3) is 7.25. The molecule has 0 unspecified atom stereocenters. The van der Waals surface area contributed by atoms with Gasteiger partial charge in [0.15, 0.2) is 0 Å². The SMILES string of the molecule is CCCCCOC(=O)CCCCC(=O)N(C)c1ccccc1. The Labute approximate surface area is 133 Å². The third-order valence-electron chi connectivity index (χ3n) is 3.55. The predicted octanol–water partition coefficient (Wildman–Crippen LogP) is 3.94. The molecule has 0 aromatic heterocycles. The van der Waals surface area contributed by atoms with Crippen molar-refractivity contribution >= 4 is 17.6 Å². The number of carbonyl (C=O) groups is 2. The van der Waals surface area contributed by atoms with Gasteiger partial charge in [-0.2, -0.15) is 0 Å². The molecule has 0 fully saturated rings. The summed E-state index contributed by atoms with van der Waals surface area (Å²) in [7, 11) is 1.78. The van der Waals surface area contributed by atoms with Gasteiger partial charge in [0, 0.05) is 25.6 Å². The van der Waals surface area contributed by atoms with E-state index in [0.717, 1.165) is 24.9 Å². The molecular weight excluding hydrogens is 278 g/mol. The lowest BCUT2D eigenvalue weighted by Gasteiger charge is -2.17. The zero-order valence-corrected chi connectivity index (χ0v) is 13.7. The Hall–Kier alpha value is -1.84. The van der Waals surface area contributed by atoms with Crippen LogP contribution in [0.3, 0.4) is 0 Å². The van der Waals surface area contributed by atoms with Crippen LogP contribution in [-0.2, 0) is 14.3 Å². The Morgan fingerprint density at radius 1 is 1.00 bits per heavy atom. The summed E-state index contributed by atoms with van der Waals surface area (Å²) in [4.78, 5) is 25.2. The zero-order valence-electron chi connectivity index (χ0n) is 13.7. The van der Waals surface area contributed by atoms with Gasteiger partial charge in [-0.3, -0.25) is 9.59 Å². The van der Waals surface area contributed by atoms with Crippen LogP contribution in [0, 0.1) is 0 Å². The first kappa shape index (κ1) is 18.2. The van der Waals surface area contributed by atoms with Crippen molar-refractivity contribution in [1.29, 1.82) is 0 Å². The molecule has 1 aromatic rings. The Bertz CT molecular complexity index is 445. The molecule has 0 aliphatic rings. The first-order valence-corrected chi connectivity index (χ1v) is 8.12. The lowest BCUT2D eigenvalue weighted by Crippen LogP contribution is -2.25. The second-order valence-electron chi connectivity index (χ2n) is 5.42. The highest BCUT2D eigenvalue weighted by molar-refractivity contribution is 5.92. The van der Waals surface area contributed by atoms with Gasteiger partial charge in [-0.05, 0) is 31.4 Å². The summed E-state index contributed by atoms with van der Waals surface area (Å²) >= 11 is 0. The van der Waals surface area contributed by atoms with Gasteiger partial charge < -0.3 is 9.64 Å². The highest BCUT2D eigenvalue weighted by atomic mass is 16.5. The van der Waals surface area contributed by atoms with E-state index in [4.69, 9.17) is 4.74 Å². The maximum absolute atomic E-state index is 12.0. The second-order valence-corrected chi connectivity index (χ2v) is 5.42. The Morgan fingerprint density at radius 3 is 2.36 bits per heavy atom. The molecule has 1 aromatic carbocycles. The van der Waals surface area contributed by atoms with E-state index in [2.05, 4.69) is 6.92 Å². The summed E-state index contributed by atoms with van der Waals surface area (Å²) < 4.78 is 5.13. The minimum atomic E-state index is -0.153. The minimum Gasteiger partial charge on any atom is -0.466 e. The molecule has 0 atom stereocenters. The molecule has 0 saturated heterocycles. The minimum absolute atomic E-state index is 0.0718. The standard InChI is InChI=1S/C18H27NO3/c1-3-4-10-15-22-18(21)14-9-8-13-17(20)19(2)16-11-6-5-7-12-16/h5-7,11-12H,3-4,8-10,13-15H2,1-2H3. The smallest absolute Gasteiger partial charge is 0.305 e. The highest BCUT2D eigenvalue weighted by Gasteiger charge is 2.10. The number of anilines is 1. The second kappa shape index (κ2) is 10.8. The molecule has 0 bridgehead atoms. The van der Waals surface area contributed by atoms with Crippen molar-refractivity contribution in [2.75, 3.05) is 18.6 Å². The van der Waals surface area contributed by atoms with Gasteiger partial charge in [-0.1, -0.05) is 38.0 Å². The predicted molar refractivity (Wildman–Crippen MR) is 88.8 cm³/mol. The van der Waals surface area contributed by atoms with Gasteiger partial charge in [-0.25, -0.2) is 0 Å². The summed E-state index contributed by atoms with van der Waals surface area (Å²) in [5.41, 5.74) is 0.892. The van der Waals surface area contributed by atoms with Gasteiger partial charge >= 0.3 is 5.97 Å².